The minimum atomic E-state index is -4.00. The zero-order chi connectivity index (χ0) is 15.8. The lowest BCUT2D eigenvalue weighted by Gasteiger charge is -2.34. The number of benzene rings is 1. The second-order valence-corrected chi connectivity index (χ2v) is 8.44. The molecule has 1 amide bonds. The number of hydrogen-bond acceptors (Lipinski definition) is 4. The van der Waals surface area contributed by atoms with Gasteiger partial charge in [-0.05, 0) is 40.9 Å². The molecule has 2 rings (SSSR count). The van der Waals surface area contributed by atoms with E-state index < -0.39 is 15.0 Å². The molecule has 1 saturated carbocycles. The Balaban J connectivity index is 2.20. The van der Waals surface area contributed by atoms with Crippen molar-refractivity contribution >= 4 is 53.2 Å². The van der Waals surface area contributed by atoms with Crippen molar-refractivity contribution < 1.29 is 17.9 Å². The Morgan fingerprint density at radius 3 is 2.57 bits per heavy atom. The van der Waals surface area contributed by atoms with Crippen LogP contribution < -0.4 is 5.32 Å². The maximum atomic E-state index is 12.1. The largest absolute Gasteiger partial charge is 0.381 e. The highest BCUT2D eigenvalue weighted by molar-refractivity contribution is 9.10. The highest BCUT2D eigenvalue weighted by Crippen LogP contribution is 2.33. The number of halogens is 3. The molecule has 5 nitrogen and oxygen atoms in total. The van der Waals surface area contributed by atoms with Crippen LogP contribution in [0, 0.1) is 0 Å². The third-order valence-electron chi connectivity index (χ3n) is 3.28. The van der Waals surface area contributed by atoms with E-state index in [1.807, 2.05) is 0 Å². The van der Waals surface area contributed by atoms with Gasteiger partial charge in [0.25, 0.3) is 15.0 Å². The van der Waals surface area contributed by atoms with Crippen molar-refractivity contribution in [2.45, 2.75) is 29.9 Å². The summed E-state index contributed by atoms with van der Waals surface area (Å²) in [4.78, 5) is 11.9. The predicted molar refractivity (Wildman–Crippen MR) is 83.5 cm³/mol. The average Bonchev–Trinajstić information content (AvgIpc) is 2.34. The van der Waals surface area contributed by atoms with Crippen molar-refractivity contribution in [1.82, 2.24) is 5.32 Å². The molecule has 1 aliphatic carbocycles. The third-order valence-corrected chi connectivity index (χ3v) is 6.27. The SMILES string of the molecule is COC1CC(NC(=O)c2cc(Cl)c(Br)c(S(=O)(=O)Cl)c2)C1. The number of rotatable bonds is 4. The van der Waals surface area contributed by atoms with Crippen LogP contribution in [0.25, 0.3) is 0 Å². The first-order valence-electron chi connectivity index (χ1n) is 5.99. The molecule has 9 heteroatoms. The van der Waals surface area contributed by atoms with Crippen LogP contribution in [-0.4, -0.2) is 33.6 Å². The van der Waals surface area contributed by atoms with Crippen molar-refractivity contribution in [3.8, 4) is 0 Å². The number of hydrogen-bond donors (Lipinski definition) is 1. The molecule has 0 heterocycles. The first kappa shape index (κ1) is 17.0. The number of ether oxygens (including phenoxy) is 1. The van der Waals surface area contributed by atoms with Gasteiger partial charge in [0.05, 0.1) is 20.5 Å². The average molecular weight is 417 g/mol. The molecule has 0 saturated heterocycles. The zero-order valence-electron chi connectivity index (χ0n) is 10.9. The Morgan fingerprint density at radius 2 is 2.05 bits per heavy atom. The van der Waals surface area contributed by atoms with E-state index in [4.69, 9.17) is 27.0 Å². The van der Waals surface area contributed by atoms with E-state index in [9.17, 15) is 13.2 Å². The molecule has 0 atom stereocenters. The second-order valence-electron chi connectivity index (χ2n) is 4.71. The van der Waals surface area contributed by atoms with Crippen LogP contribution in [0.1, 0.15) is 23.2 Å². The summed E-state index contributed by atoms with van der Waals surface area (Å²) in [6.07, 6.45) is 1.61. The molecule has 0 radical (unpaired) electrons. The molecule has 0 aromatic heterocycles. The summed E-state index contributed by atoms with van der Waals surface area (Å²) < 4.78 is 28.2. The minimum Gasteiger partial charge on any atom is -0.381 e. The van der Waals surface area contributed by atoms with E-state index in [1.165, 1.54) is 12.1 Å². The fourth-order valence-corrected chi connectivity index (χ4v) is 4.40. The van der Waals surface area contributed by atoms with Crippen molar-refractivity contribution in [2.75, 3.05) is 7.11 Å². The van der Waals surface area contributed by atoms with Gasteiger partial charge in [-0.25, -0.2) is 8.42 Å². The molecule has 1 aromatic carbocycles. The summed E-state index contributed by atoms with van der Waals surface area (Å²) in [6.45, 7) is 0. The first-order valence-corrected chi connectivity index (χ1v) is 9.47. The molecule has 0 bridgehead atoms. The Morgan fingerprint density at radius 1 is 1.43 bits per heavy atom. The van der Waals surface area contributed by atoms with Gasteiger partial charge in [-0.1, -0.05) is 11.6 Å². The van der Waals surface area contributed by atoms with Crippen LogP contribution in [0.2, 0.25) is 5.02 Å². The summed E-state index contributed by atoms with van der Waals surface area (Å²) >= 11 is 8.98. The Kier molecular flexibility index (Phi) is 5.20. The maximum Gasteiger partial charge on any atom is 0.262 e. The monoisotopic (exact) mass is 415 g/mol. The summed E-state index contributed by atoms with van der Waals surface area (Å²) in [7, 11) is 2.95. The van der Waals surface area contributed by atoms with E-state index in [0.717, 1.165) is 12.8 Å². The van der Waals surface area contributed by atoms with Crippen LogP contribution in [0.5, 0.6) is 0 Å². The predicted octanol–water partition coefficient (Wildman–Crippen LogP) is 2.94. The molecule has 1 N–H and O–H groups in total. The summed E-state index contributed by atoms with van der Waals surface area (Å²) in [5.41, 5.74) is 0.142. The molecular weight excluding hydrogens is 405 g/mol. The van der Waals surface area contributed by atoms with Gasteiger partial charge in [-0.15, -0.1) is 0 Å². The Labute approximate surface area is 140 Å². The first-order chi connectivity index (χ1) is 9.72. The fourth-order valence-electron chi connectivity index (χ4n) is 2.02. The van der Waals surface area contributed by atoms with Crippen LogP contribution in [0.4, 0.5) is 0 Å². The lowest BCUT2D eigenvalue weighted by atomic mass is 9.89. The van der Waals surface area contributed by atoms with Gasteiger partial charge in [-0.2, -0.15) is 0 Å². The number of amides is 1. The lowest BCUT2D eigenvalue weighted by Crippen LogP contribution is -2.47. The summed E-state index contributed by atoms with van der Waals surface area (Å²) in [6, 6.07) is 2.60. The van der Waals surface area contributed by atoms with Gasteiger partial charge in [0.2, 0.25) is 0 Å². The molecule has 1 fully saturated rings. The highest BCUT2D eigenvalue weighted by atomic mass is 79.9. The van der Waals surface area contributed by atoms with Crippen LogP contribution in [0.3, 0.4) is 0 Å². The van der Waals surface area contributed by atoms with Gasteiger partial charge in [0.1, 0.15) is 0 Å². The Bertz CT molecular complexity index is 674. The zero-order valence-corrected chi connectivity index (χ0v) is 14.8. The molecular formula is C12H12BrCl2NO4S. The van der Waals surface area contributed by atoms with Crippen molar-refractivity contribution in [3.63, 3.8) is 0 Å². The number of carbonyl (C=O) groups excluding carboxylic acids is 1. The standard InChI is InChI=1S/C12H12BrCl2NO4S/c1-20-8-4-7(5-8)16-12(17)6-2-9(14)11(13)10(3-6)21(15,18)19/h2-3,7-8H,4-5H2,1H3,(H,16,17). The molecule has 0 aliphatic heterocycles. The number of carbonyl (C=O) groups is 1. The van der Waals surface area contributed by atoms with Gasteiger partial charge >= 0.3 is 0 Å². The van der Waals surface area contributed by atoms with E-state index >= 15 is 0 Å². The van der Waals surface area contributed by atoms with Crippen molar-refractivity contribution in [2.24, 2.45) is 0 Å². The minimum absolute atomic E-state index is 0.0148. The molecule has 21 heavy (non-hydrogen) atoms. The van der Waals surface area contributed by atoms with E-state index in [2.05, 4.69) is 21.2 Å². The molecule has 116 valence electrons. The Hall–Kier alpha value is -0.340. The van der Waals surface area contributed by atoms with Crippen LogP contribution >= 0.6 is 38.2 Å². The van der Waals surface area contributed by atoms with Crippen molar-refractivity contribution in [1.29, 1.82) is 0 Å². The van der Waals surface area contributed by atoms with Gasteiger partial charge in [0, 0.05) is 29.4 Å². The quantitative estimate of drug-likeness (QED) is 0.765. The molecule has 1 aliphatic rings. The number of methoxy groups -OCH3 is 1. The normalized spacial score (nSPS) is 21.7. The smallest absolute Gasteiger partial charge is 0.262 e. The molecule has 1 aromatic rings. The third kappa shape index (κ3) is 3.90. The highest BCUT2D eigenvalue weighted by Gasteiger charge is 2.31. The van der Waals surface area contributed by atoms with E-state index in [-0.39, 0.29) is 32.1 Å². The fraction of sp³-hybridized carbons (Fsp3) is 0.417. The molecule has 0 unspecified atom stereocenters. The van der Waals surface area contributed by atoms with E-state index in [0.29, 0.717) is 0 Å². The van der Waals surface area contributed by atoms with Crippen LogP contribution in [-0.2, 0) is 13.8 Å². The van der Waals surface area contributed by atoms with Crippen LogP contribution in [0.15, 0.2) is 21.5 Å². The summed E-state index contributed by atoms with van der Waals surface area (Å²) in [5.74, 6) is -0.398. The van der Waals surface area contributed by atoms with Gasteiger partial charge in [0.15, 0.2) is 0 Å². The molecule has 0 spiro atoms. The maximum absolute atomic E-state index is 12.1. The van der Waals surface area contributed by atoms with Gasteiger partial charge in [-0.3, -0.25) is 4.79 Å². The summed E-state index contributed by atoms with van der Waals surface area (Å²) in [5, 5.41) is 2.89. The van der Waals surface area contributed by atoms with Gasteiger partial charge < -0.3 is 10.1 Å². The number of nitrogens with one attached hydrogen (secondary N) is 1. The lowest BCUT2D eigenvalue weighted by molar-refractivity contribution is 0.0176. The van der Waals surface area contributed by atoms with Crippen molar-refractivity contribution in [3.05, 3.63) is 27.2 Å². The topological polar surface area (TPSA) is 72.5 Å². The van der Waals surface area contributed by atoms with E-state index in [1.54, 1.807) is 7.11 Å². The second kappa shape index (κ2) is 6.42.